The third kappa shape index (κ3) is 1.66. The van der Waals surface area contributed by atoms with Gasteiger partial charge in [-0.05, 0) is 17.7 Å². The average molecular weight is 268 g/mol. The topological polar surface area (TPSA) is 66.4 Å². The molecule has 1 aliphatic heterocycles. The molecule has 1 heterocycles. The smallest absolute Gasteiger partial charge is 0.293 e. The van der Waals surface area contributed by atoms with Crippen molar-refractivity contribution in [3.63, 3.8) is 0 Å². The molecule has 0 saturated heterocycles. The predicted octanol–water partition coefficient (Wildman–Crippen LogP) is 1.37. The Morgan fingerprint density at radius 3 is 2.13 bits per heavy atom. The summed E-state index contributed by atoms with van der Waals surface area (Å²) < 4.78 is 0.857. The van der Waals surface area contributed by atoms with Gasteiger partial charge >= 0.3 is 0 Å². The Morgan fingerprint density at radius 1 is 1.07 bits per heavy atom. The minimum Gasteiger partial charge on any atom is -0.502 e. The number of aliphatic hydroxyl groups is 1. The van der Waals surface area contributed by atoms with E-state index >= 15 is 0 Å². The minimum atomic E-state index is -0.752. The lowest BCUT2D eigenvalue weighted by molar-refractivity contribution is -0.124. The molecule has 1 aromatic carbocycles. The van der Waals surface area contributed by atoms with Crippen LogP contribution < -0.4 is 5.32 Å². The number of rotatable bonds is 1. The van der Waals surface area contributed by atoms with Gasteiger partial charge in [-0.25, -0.2) is 0 Å². The summed E-state index contributed by atoms with van der Waals surface area (Å²) in [5.41, 5.74) is 0.534. The normalized spacial score (nSPS) is 15.8. The van der Waals surface area contributed by atoms with E-state index in [0.29, 0.717) is 5.56 Å². The van der Waals surface area contributed by atoms with Crippen molar-refractivity contribution in [3.05, 3.63) is 40.1 Å². The first kappa shape index (κ1) is 9.92. The van der Waals surface area contributed by atoms with Crippen LogP contribution in [0.2, 0.25) is 0 Å². The quantitative estimate of drug-likeness (QED) is 0.756. The molecule has 2 amide bonds. The van der Waals surface area contributed by atoms with E-state index < -0.39 is 17.6 Å². The standard InChI is InChI=1S/C10H6BrNO3/c11-6-3-1-5(2-4-6)7-8(13)10(15)12-9(7)14/h1-4H,(H2,12,13,14,15). The van der Waals surface area contributed by atoms with Gasteiger partial charge < -0.3 is 5.11 Å². The molecular formula is C10H6BrNO3. The summed E-state index contributed by atoms with van der Waals surface area (Å²) in [4.78, 5) is 22.3. The van der Waals surface area contributed by atoms with E-state index in [1.165, 1.54) is 0 Å². The monoisotopic (exact) mass is 267 g/mol. The third-order valence-electron chi connectivity index (χ3n) is 2.04. The fourth-order valence-corrected chi connectivity index (χ4v) is 1.59. The number of carbonyl (C=O) groups is 2. The summed E-state index contributed by atoms with van der Waals surface area (Å²) >= 11 is 3.25. The van der Waals surface area contributed by atoms with Gasteiger partial charge in [0.1, 0.15) is 0 Å². The Hall–Kier alpha value is -1.62. The maximum Gasteiger partial charge on any atom is 0.293 e. The lowest BCUT2D eigenvalue weighted by Gasteiger charge is -1.99. The van der Waals surface area contributed by atoms with Crippen molar-refractivity contribution in [1.82, 2.24) is 5.32 Å². The SMILES string of the molecule is O=C1NC(=O)C(c2ccc(Br)cc2)=C1O. The number of imide groups is 1. The van der Waals surface area contributed by atoms with Crippen LogP contribution in [0.4, 0.5) is 0 Å². The number of halogens is 1. The minimum absolute atomic E-state index is 0.0208. The van der Waals surface area contributed by atoms with Crippen LogP contribution in [0, 0.1) is 0 Å². The maximum atomic E-state index is 11.3. The van der Waals surface area contributed by atoms with E-state index in [1.54, 1.807) is 24.3 Å². The molecular weight excluding hydrogens is 262 g/mol. The number of hydrogen-bond donors (Lipinski definition) is 2. The molecule has 15 heavy (non-hydrogen) atoms. The number of hydrogen-bond acceptors (Lipinski definition) is 3. The van der Waals surface area contributed by atoms with Crippen LogP contribution in [0.3, 0.4) is 0 Å². The molecule has 0 aliphatic carbocycles. The highest BCUT2D eigenvalue weighted by atomic mass is 79.9. The van der Waals surface area contributed by atoms with Gasteiger partial charge in [0.25, 0.3) is 11.8 Å². The van der Waals surface area contributed by atoms with E-state index in [0.717, 1.165) is 4.47 Å². The summed E-state index contributed by atoms with van der Waals surface area (Å²) in [7, 11) is 0. The van der Waals surface area contributed by atoms with Crippen molar-refractivity contribution in [2.45, 2.75) is 0 Å². The molecule has 2 rings (SSSR count). The van der Waals surface area contributed by atoms with Crippen molar-refractivity contribution in [3.8, 4) is 0 Å². The Morgan fingerprint density at radius 2 is 1.67 bits per heavy atom. The zero-order chi connectivity index (χ0) is 11.0. The molecule has 0 fully saturated rings. The molecule has 0 atom stereocenters. The highest BCUT2D eigenvalue weighted by Gasteiger charge is 2.30. The molecule has 0 radical (unpaired) electrons. The van der Waals surface area contributed by atoms with Crippen LogP contribution in [0.5, 0.6) is 0 Å². The van der Waals surface area contributed by atoms with Gasteiger partial charge in [0.15, 0.2) is 5.76 Å². The maximum absolute atomic E-state index is 11.3. The highest BCUT2D eigenvalue weighted by molar-refractivity contribution is 9.10. The van der Waals surface area contributed by atoms with Crippen LogP contribution in [-0.2, 0) is 9.59 Å². The Labute approximate surface area is 93.7 Å². The van der Waals surface area contributed by atoms with Gasteiger partial charge in [-0.1, -0.05) is 28.1 Å². The molecule has 76 valence electrons. The van der Waals surface area contributed by atoms with Gasteiger partial charge in [-0.15, -0.1) is 0 Å². The molecule has 0 unspecified atom stereocenters. The fourth-order valence-electron chi connectivity index (χ4n) is 1.33. The summed E-state index contributed by atoms with van der Waals surface area (Å²) in [5.74, 6) is -1.85. The largest absolute Gasteiger partial charge is 0.502 e. The lowest BCUT2D eigenvalue weighted by Crippen LogP contribution is -2.22. The van der Waals surface area contributed by atoms with Gasteiger partial charge in [0.05, 0.1) is 5.57 Å². The van der Waals surface area contributed by atoms with Crippen molar-refractivity contribution < 1.29 is 14.7 Å². The first-order valence-corrected chi connectivity index (χ1v) is 4.94. The number of aliphatic hydroxyl groups excluding tert-OH is 1. The number of amides is 2. The molecule has 0 saturated carbocycles. The van der Waals surface area contributed by atoms with Crippen LogP contribution >= 0.6 is 15.9 Å². The number of benzene rings is 1. The molecule has 1 aromatic rings. The highest BCUT2D eigenvalue weighted by Crippen LogP contribution is 2.23. The van der Waals surface area contributed by atoms with Gasteiger partial charge in [0.2, 0.25) is 0 Å². The molecule has 1 aliphatic rings. The molecule has 0 spiro atoms. The van der Waals surface area contributed by atoms with E-state index in [4.69, 9.17) is 0 Å². The fraction of sp³-hybridized carbons (Fsp3) is 0. The van der Waals surface area contributed by atoms with Crippen LogP contribution in [0.25, 0.3) is 5.57 Å². The second kappa shape index (κ2) is 3.51. The van der Waals surface area contributed by atoms with Crippen LogP contribution in [0.15, 0.2) is 34.5 Å². The summed E-state index contributed by atoms with van der Waals surface area (Å²) in [6.07, 6.45) is 0. The molecule has 0 aromatic heterocycles. The van der Waals surface area contributed by atoms with E-state index in [-0.39, 0.29) is 5.57 Å². The first-order chi connectivity index (χ1) is 7.09. The van der Waals surface area contributed by atoms with Crippen molar-refractivity contribution in [1.29, 1.82) is 0 Å². The third-order valence-corrected chi connectivity index (χ3v) is 2.57. The number of carbonyl (C=O) groups excluding carboxylic acids is 2. The van der Waals surface area contributed by atoms with E-state index in [2.05, 4.69) is 15.9 Å². The second-order valence-electron chi connectivity index (χ2n) is 3.01. The Bertz CT molecular complexity index is 476. The molecule has 5 heteroatoms. The van der Waals surface area contributed by atoms with E-state index in [1.807, 2.05) is 5.32 Å². The Kier molecular flexibility index (Phi) is 2.32. The van der Waals surface area contributed by atoms with Crippen molar-refractivity contribution in [2.24, 2.45) is 0 Å². The van der Waals surface area contributed by atoms with Crippen LogP contribution in [0.1, 0.15) is 5.56 Å². The molecule has 2 N–H and O–H groups in total. The van der Waals surface area contributed by atoms with Crippen molar-refractivity contribution >= 4 is 33.3 Å². The molecule has 4 nitrogen and oxygen atoms in total. The van der Waals surface area contributed by atoms with E-state index in [9.17, 15) is 14.7 Å². The van der Waals surface area contributed by atoms with Crippen molar-refractivity contribution in [2.75, 3.05) is 0 Å². The summed E-state index contributed by atoms with van der Waals surface area (Å²) in [6.45, 7) is 0. The first-order valence-electron chi connectivity index (χ1n) is 4.14. The van der Waals surface area contributed by atoms with Gasteiger partial charge in [-0.2, -0.15) is 0 Å². The predicted molar refractivity (Wildman–Crippen MR) is 56.8 cm³/mol. The summed E-state index contributed by atoms with van der Waals surface area (Å²) in [5, 5.41) is 11.4. The van der Waals surface area contributed by atoms with Gasteiger partial charge in [-0.3, -0.25) is 14.9 Å². The molecule has 0 bridgehead atoms. The zero-order valence-corrected chi connectivity index (χ0v) is 9.04. The number of nitrogens with one attached hydrogen (secondary N) is 1. The average Bonchev–Trinajstić information content (AvgIpc) is 2.44. The summed E-state index contributed by atoms with van der Waals surface area (Å²) in [6, 6.07) is 6.75. The zero-order valence-electron chi connectivity index (χ0n) is 7.45. The lowest BCUT2D eigenvalue weighted by atomic mass is 10.1. The van der Waals surface area contributed by atoms with Gasteiger partial charge in [0, 0.05) is 4.47 Å². The second-order valence-corrected chi connectivity index (χ2v) is 3.93. The Balaban J connectivity index is 2.51. The van der Waals surface area contributed by atoms with Crippen LogP contribution in [-0.4, -0.2) is 16.9 Å².